The molecule has 0 spiro atoms. The smallest absolute Gasteiger partial charge is 0.0247 e. The predicted molar refractivity (Wildman–Crippen MR) is 84.8 cm³/mol. The number of likely N-dealkylation sites (N-methyl/N-ethyl adjacent to an activating group) is 1. The zero-order chi connectivity index (χ0) is 13.9. The van der Waals surface area contributed by atoms with Crippen LogP contribution in [0.25, 0.3) is 0 Å². The van der Waals surface area contributed by atoms with Crippen LogP contribution in [0.1, 0.15) is 57.8 Å². The molecule has 20 heavy (non-hydrogen) atoms. The predicted octanol–water partition coefficient (Wildman–Crippen LogP) is 2.45. The topological polar surface area (TPSA) is 32.5 Å². The Bertz CT molecular complexity index is 299. The van der Waals surface area contributed by atoms with Gasteiger partial charge in [0.25, 0.3) is 0 Å². The van der Waals surface area contributed by atoms with Gasteiger partial charge in [-0.2, -0.15) is 0 Å². The fourth-order valence-electron chi connectivity index (χ4n) is 4.97. The largest absolute Gasteiger partial charge is 0.329 e. The summed E-state index contributed by atoms with van der Waals surface area (Å²) in [6, 6.07) is 2.29. The lowest BCUT2D eigenvalue weighted by Gasteiger charge is -2.37. The molecule has 3 atom stereocenters. The summed E-state index contributed by atoms with van der Waals surface area (Å²) in [4.78, 5) is 5.43. The Morgan fingerprint density at radius 1 is 0.950 bits per heavy atom. The van der Waals surface area contributed by atoms with E-state index in [0.717, 1.165) is 24.5 Å². The van der Waals surface area contributed by atoms with Crippen LogP contribution in [0.5, 0.6) is 0 Å². The number of nitrogens with two attached hydrogens (primary N) is 1. The van der Waals surface area contributed by atoms with Crippen molar-refractivity contribution in [1.82, 2.24) is 9.80 Å². The molecule has 3 nitrogen and oxygen atoms in total. The van der Waals surface area contributed by atoms with Crippen molar-refractivity contribution >= 4 is 0 Å². The molecule has 0 aromatic rings. The fraction of sp³-hybridized carbons (Fsp3) is 1.00. The molecular formula is C17H33N3. The average molecular weight is 279 g/mol. The second kappa shape index (κ2) is 6.76. The van der Waals surface area contributed by atoms with Crippen LogP contribution in [0.3, 0.4) is 0 Å². The van der Waals surface area contributed by atoms with E-state index in [-0.39, 0.29) is 0 Å². The maximum atomic E-state index is 6.21. The van der Waals surface area contributed by atoms with E-state index in [0.29, 0.717) is 6.04 Å². The van der Waals surface area contributed by atoms with Gasteiger partial charge in [-0.05, 0) is 45.1 Å². The number of rotatable bonds is 3. The first-order chi connectivity index (χ1) is 9.79. The molecular weight excluding hydrogens is 246 g/mol. The van der Waals surface area contributed by atoms with Gasteiger partial charge in [0.1, 0.15) is 0 Å². The maximum Gasteiger partial charge on any atom is 0.0247 e. The molecule has 2 heterocycles. The van der Waals surface area contributed by atoms with Crippen LogP contribution in [-0.2, 0) is 0 Å². The molecule has 1 saturated carbocycles. The number of hydrogen-bond donors (Lipinski definition) is 1. The average Bonchev–Trinajstić information content (AvgIpc) is 2.63. The van der Waals surface area contributed by atoms with Gasteiger partial charge in [-0.25, -0.2) is 0 Å². The Hall–Kier alpha value is -0.120. The molecule has 3 heteroatoms. The molecule has 0 amide bonds. The molecule has 2 aliphatic heterocycles. The lowest BCUT2D eigenvalue weighted by Crippen LogP contribution is -2.49. The van der Waals surface area contributed by atoms with Crippen molar-refractivity contribution in [2.24, 2.45) is 11.7 Å². The monoisotopic (exact) mass is 279 g/mol. The van der Waals surface area contributed by atoms with Crippen molar-refractivity contribution in [3.8, 4) is 0 Å². The van der Waals surface area contributed by atoms with Crippen LogP contribution in [0.4, 0.5) is 0 Å². The van der Waals surface area contributed by atoms with Gasteiger partial charge < -0.3 is 5.73 Å². The molecule has 3 fully saturated rings. The van der Waals surface area contributed by atoms with Gasteiger partial charge in [-0.3, -0.25) is 9.80 Å². The first-order valence-electron chi connectivity index (χ1n) is 8.95. The minimum absolute atomic E-state index is 0.654. The number of nitrogens with zero attached hydrogens (tertiary/aromatic N) is 2. The van der Waals surface area contributed by atoms with E-state index in [9.17, 15) is 0 Å². The van der Waals surface area contributed by atoms with Gasteiger partial charge >= 0.3 is 0 Å². The molecule has 3 rings (SSSR count). The van der Waals surface area contributed by atoms with Crippen molar-refractivity contribution in [2.45, 2.75) is 75.9 Å². The summed E-state index contributed by atoms with van der Waals surface area (Å²) in [5.74, 6) is 0.865. The fourth-order valence-corrected chi connectivity index (χ4v) is 4.97. The second-order valence-electron chi connectivity index (χ2n) is 7.39. The van der Waals surface area contributed by atoms with Crippen LogP contribution in [0.2, 0.25) is 0 Å². The van der Waals surface area contributed by atoms with E-state index in [1.807, 2.05) is 0 Å². The molecule has 3 unspecified atom stereocenters. The second-order valence-corrected chi connectivity index (χ2v) is 7.39. The Labute approximate surface area is 124 Å². The summed E-state index contributed by atoms with van der Waals surface area (Å²) in [5.41, 5.74) is 6.21. The van der Waals surface area contributed by atoms with Gasteiger partial charge in [-0.15, -0.1) is 0 Å². The standard InChI is InChI=1S/C17H33N3/c1-19-15-8-9-16(19)13-20(11-10-15)17(12-18)14-6-4-2-3-5-7-14/h14-17H,2-13,18H2,1H3. The third-order valence-electron chi connectivity index (χ3n) is 6.33. The molecule has 2 bridgehead atoms. The highest BCUT2D eigenvalue weighted by molar-refractivity contribution is 4.94. The van der Waals surface area contributed by atoms with E-state index in [2.05, 4.69) is 16.8 Å². The number of hydrogen-bond acceptors (Lipinski definition) is 3. The van der Waals surface area contributed by atoms with Gasteiger partial charge in [0.15, 0.2) is 0 Å². The van der Waals surface area contributed by atoms with E-state index in [1.165, 1.54) is 70.9 Å². The van der Waals surface area contributed by atoms with Crippen LogP contribution in [-0.4, -0.2) is 54.6 Å². The van der Waals surface area contributed by atoms with Crippen molar-refractivity contribution in [2.75, 3.05) is 26.7 Å². The quantitative estimate of drug-likeness (QED) is 0.806. The van der Waals surface area contributed by atoms with E-state index >= 15 is 0 Å². The molecule has 3 aliphatic rings. The van der Waals surface area contributed by atoms with Crippen molar-refractivity contribution in [1.29, 1.82) is 0 Å². The van der Waals surface area contributed by atoms with E-state index in [4.69, 9.17) is 5.73 Å². The van der Waals surface area contributed by atoms with Crippen LogP contribution in [0, 0.1) is 5.92 Å². The molecule has 116 valence electrons. The number of fused-ring (bicyclic) bond motifs is 2. The number of likely N-dealkylation sites (tertiary alicyclic amines) is 1. The minimum atomic E-state index is 0.654. The molecule has 1 aliphatic carbocycles. The van der Waals surface area contributed by atoms with Gasteiger partial charge in [0.05, 0.1) is 0 Å². The molecule has 0 radical (unpaired) electrons. The maximum absolute atomic E-state index is 6.21. The van der Waals surface area contributed by atoms with Gasteiger partial charge in [0.2, 0.25) is 0 Å². The summed E-state index contributed by atoms with van der Waals surface area (Å²) in [5, 5.41) is 0. The summed E-state index contributed by atoms with van der Waals surface area (Å²) in [7, 11) is 2.34. The zero-order valence-electron chi connectivity index (χ0n) is 13.3. The Balaban J connectivity index is 1.66. The van der Waals surface area contributed by atoms with E-state index < -0.39 is 0 Å². The normalized spacial score (nSPS) is 35.7. The third kappa shape index (κ3) is 3.05. The van der Waals surface area contributed by atoms with Crippen molar-refractivity contribution in [3.63, 3.8) is 0 Å². The van der Waals surface area contributed by atoms with E-state index in [1.54, 1.807) is 0 Å². The van der Waals surface area contributed by atoms with Gasteiger partial charge in [0, 0.05) is 37.8 Å². The minimum Gasteiger partial charge on any atom is -0.329 e. The highest BCUT2D eigenvalue weighted by atomic mass is 15.3. The molecule has 2 N–H and O–H groups in total. The molecule has 0 aromatic carbocycles. The first kappa shape index (κ1) is 14.8. The summed E-state index contributed by atoms with van der Waals surface area (Å²) in [6.07, 6.45) is 12.8. The highest BCUT2D eigenvalue weighted by Gasteiger charge is 2.37. The lowest BCUT2D eigenvalue weighted by molar-refractivity contribution is 0.122. The Morgan fingerprint density at radius 3 is 2.35 bits per heavy atom. The molecule has 0 aromatic heterocycles. The van der Waals surface area contributed by atoms with Gasteiger partial charge in [-0.1, -0.05) is 25.7 Å². The first-order valence-corrected chi connectivity index (χ1v) is 8.95. The van der Waals surface area contributed by atoms with Crippen molar-refractivity contribution < 1.29 is 0 Å². The Kier molecular flexibility index (Phi) is 5.00. The summed E-state index contributed by atoms with van der Waals surface area (Å²) >= 11 is 0. The lowest BCUT2D eigenvalue weighted by atomic mass is 9.90. The zero-order valence-corrected chi connectivity index (χ0v) is 13.3. The van der Waals surface area contributed by atoms with Crippen molar-refractivity contribution in [3.05, 3.63) is 0 Å². The van der Waals surface area contributed by atoms with Crippen LogP contribution >= 0.6 is 0 Å². The Morgan fingerprint density at radius 2 is 1.65 bits per heavy atom. The third-order valence-corrected chi connectivity index (χ3v) is 6.33. The summed E-state index contributed by atoms with van der Waals surface area (Å²) < 4.78 is 0. The molecule has 2 saturated heterocycles. The summed E-state index contributed by atoms with van der Waals surface area (Å²) in [6.45, 7) is 3.42. The SMILES string of the molecule is CN1C2CCC1CN(C(CN)C1CCCCCC1)CC2. The van der Waals surface area contributed by atoms with Crippen LogP contribution < -0.4 is 5.73 Å². The van der Waals surface area contributed by atoms with Crippen LogP contribution in [0.15, 0.2) is 0 Å². The highest BCUT2D eigenvalue weighted by Crippen LogP contribution is 2.33.